The molecule has 1 unspecified atom stereocenters. The van der Waals surface area contributed by atoms with Gasteiger partial charge in [-0.05, 0) is 54.8 Å². The molecule has 7 nitrogen and oxygen atoms in total. The summed E-state index contributed by atoms with van der Waals surface area (Å²) in [6.07, 6.45) is 2.27. The lowest BCUT2D eigenvalue weighted by Gasteiger charge is -2.29. The fourth-order valence-electron chi connectivity index (χ4n) is 2.71. The number of amides is 1. The van der Waals surface area contributed by atoms with Gasteiger partial charge in [-0.2, -0.15) is 0 Å². The zero-order valence-corrected chi connectivity index (χ0v) is 20.4. The van der Waals surface area contributed by atoms with Crippen LogP contribution in [0.15, 0.2) is 47.1 Å². The first-order chi connectivity index (χ1) is 13.8. The fraction of sp³-hybridized carbons (Fsp3) is 0.400. The van der Waals surface area contributed by atoms with Gasteiger partial charge in [-0.3, -0.25) is 4.31 Å². The maximum absolute atomic E-state index is 12.5. The molecule has 0 saturated heterocycles. The number of anilines is 1. The van der Waals surface area contributed by atoms with Crippen LogP contribution in [0.25, 0.3) is 0 Å². The molecule has 30 heavy (non-hydrogen) atoms. The second kappa shape index (κ2) is 9.98. The lowest BCUT2D eigenvalue weighted by atomic mass is 10.1. The van der Waals surface area contributed by atoms with Gasteiger partial charge < -0.3 is 10.1 Å². The number of benzene rings is 1. The number of rotatable bonds is 7. The molecule has 0 fully saturated rings. The molecule has 1 aromatic carbocycles. The second-order valence-electron chi connectivity index (χ2n) is 7.79. The van der Waals surface area contributed by atoms with Crippen LogP contribution in [0, 0.1) is 0 Å². The Hall–Kier alpha value is -1.84. The number of carbonyl (C=O) groups excluding carboxylic acids is 1. The molecule has 0 bridgehead atoms. The molecule has 1 atom stereocenters. The third-order valence-electron chi connectivity index (χ3n) is 3.90. The number of sulfonamides is 1. The zero-order chi connectivity index (χ0) is 22.5. The highest BCUT2D eigenvalue weighted by Crippen LogP contribution is 2.27. The van der Waals surface area contributed by atoms with Gasteiger partial charge in [0.05, 0.1) is 35.2 Å². The van der Waals surface area contributed by atoms with E-state index in [-0.39, 0.29) is 11.7 Å². The molecule has 0 radical (unpaired) electrons. The maximum Gasteiger partial charge on any atom is 0.407 e. The average molecular weight is 519 g/mol. The number of nitrogens with zero attached hydrogens (tertiary/aromatic N) is 2. The van der Waals surface area contributed by atoms with Crippen LogP contribution >= 0.6 is 27.5 Å². The molecule has 0 aliphatic carbocycles. The van der Waals surface area contributed by atoms with E-state index in [0.29, 0.717) is 16.6 Å². The Morgan fingerprint density at radius 2 is 1.93 bits per heavy atom. The summed E-state index contributed by atoms with van der Waals surface area (Å²) in [5, 5.41) is 3.02. The van der Waals surface area contributed by atoms with Crippen LogP contribution in [-0.2, 0) is 21.2 Å². The van der Waals surface area contributed by atoms with Crippen molar-refractivity contribution in [3.05, 3.63) is 57.8 Å². The number of halogens is 2. The first kappa shape index (κ1) is 24.4. The SMILES string of the molecule is CC(C)(C)OC(=O)NC(Cc1ccccc1)CN(c1cnc(Cl)c(Br)c1)S(C)(=O)=O. The van der Waals surface area contributed by atoms with E-state index in [2.05, 4.69) is 26.2 Å². The van der Waals surface area contributed by atoms with Gasteiger partial charge in [0.25, 0.3) is 0 Å². The molecule has 0 aliphatic heterocycles. The van der Waals surface area contributed by atoms with E-state index in [1.807, 2.05) is 30.3 Å². The van der Waals surface area contributed by atoms with Gasteiger partial charge in [-0.1, -0.05) is 41.9 Å². The molecule has 0 saturated carbocycles. The minimum Gasteiger partial charge on any atom is -0.444 e. The lowest BCUT2D eigenvalue weighted by molar-refractivity contribution is 0.0506. The van der Waals surface area contributed by atoms with Gasteiger partial charge in [-0.25, -0.2) is 18.2 Å². The van der Waals surface area contributed by atoms with Crippen LogP contribution in [0.1, 0.15) is 26.3 Å². The predicted octanol–water partition coefficient (Wildman–Crippen LogP) is 4.40. The van der Waals surface area contributed by atoms with Crippen LogP contribution in [0.4, 0.5) is 10.5 Å². The predicted molar refractivity (Wildman–Crippen MR) is 122 cm³/mol. The number of hydrogen-bond donors (Lipinski definition) is 1. The number of alkyl carbamates (subject to hydrolysis) is 1. The largest absolute Gasteiger partial charge is 0.444 e. The van der Waals surface area contributed by atoms with Gasteiger partial charge in [-0.15, -0.1) is 0 Å². The topological polar surface area (TPSA) is 88.6 Å². The van der Waals surface area contributed by atoms with E-state index in [4.69, 9.17) is 16.3 Å². The monoisotopic (exact) mass is 517 g/mol. The Bertz CT molecular complexity index is 981. The first-order valence-corrected chi connectivity index (χ1v) is 12.2. The van der Waals surface area contributed by atoms with Crippen molar-refractivity contribution in [3.63, 3.8) is 0 Å². The highest BCUT2D eigenvalue weighted by Gasteiger charge is 2.26. The van der Waals surface area contributed by atoms with Crippen molar-refractivity contribution in [1.82, 2.24) is 10.3 Å². The first-order valence-electron chi connectivity index (χ1n) is 9.17. The molecule has 1 heterocycles. The molecule has 164 valence electrons. The number of carbonyl (C=O) groups is 1. The summed E-state index contributed by atoms with van der Waals surface area (Å²) in [5.41, 5.74) is 0.600. The van der Waals surface area contributed by atoms with E-state index >= 15 is 0 Å². The summed E-state index contributed by atoms with van der Waals surface area (Å²) in [4.78, 5) is 16.4. The van der Waals surface area contributed by atoms with E-state index in [9.17, 15) is 13.2 Å². The summed E-state index contributed by atoms with van der Waals surface area (Å²) in [6, 6.07) is 10.5. The van der Waals surface area contributed by atoms with Crippen LogP contribution < -0.4 is 9.62 Å². The number of pyridine rings is 1. The summed E-state index contributed by atoms with van der Waals surface area (Å²) in [6.45, 7) is 5.28. The van der Waals surface area contributed by atoms with Crippen molar-refractivity contribution in [2.24, 2.45) is 0 Å². The smallest absolute Gasteiger partial charge is 0.407 e. The van der Waals surface area contributed by atoms with Gasteiger partial charge in [0, 0.05) is 0 Å². The highest BCUT2D eigenvalue weighted by atomic mass is 79.9. The second-order valence-corrected chi connectivity index (χ2v) is 10.9. The molecule has 10 heteroatoms. The standard InChI is InChI=1S/C20H25BrClN3O4S/c1-20(2,3)29-19(26)24-15(10-14-8-6-5-7-9-14)13-25(30(4,27)28)16-11-17(21)18(22)23-12-16/h5-9,11-12,15H,10,13H2,1-4H3,(H,24,26). The number of aromatic nitrogens is 1. The molecule has 2 rings (SSSR count). The third-order valence-corrected chi connectivity index (χ3v) is 6.20. The van der Waals surface area contributed by atoms with Crippen molar-refractivity contribution < 1.29 is 17.9 Å². The van der Waals surface area contributed by atoms with Crippen LogP contribution in [0.3, 0.4) is 0 Å². The van der Waals surface area contributed by atoms with Crippen LogP contribution in [0.2, 0.25) is 5.15 Å². The lowest BCUT2D eigenvalue weighted by Crippen LogP contribution is -2.48. The molecular formula is C20H25BrClN3O4S. The molecule has 0 spiro atoms. The quantitative estimate of drug-likeness (QED) is 0.549. The fourth-order valence-corrected chi connectivity index (χ4v) is 4.09. The van der Waals surface area contributed by atoms with Gasteiger partial charge in [0.15, 0.2) is 0 Å². The maximum atomic E-state index is 12.5. The molecule has 2 aromatic rings. The number of ether oxygens (including phenoxy) is 1. The minimum atomic E-state index is -3.67. The molecule has 0 aliphatic rings. The molecule has 1 aromatic heterocycles. The average Bonchev–Trinajstić information content (AvgIpc) is 2.60. The van der Waals surface area contributed by atoms with Gasteiger partial charge in [0.1, 0.15) is 10.8 Å². The van der Waals surface area contributed by atoms with Crippen LogP contribution in [-0.4, -0.2) is 43.9 Å². The van der Waals surface area contributed by atoms with Crippen molar-refractivity contribution in [2.75, 3.05) is 17.1 Å². The van der Waals surface area contributed by atoms with Crippen molar-refractivity contribution in [2.45, 2.75) is 38.8 Å². The number of nitrogens with one attached hydrogen (secondary N) is 1. The van der Waals surface area contributed by atoms with E-state index in [1.54, 1.807) is 26.8 Å². The van der Waals surface area contributed by atoms with E-state index in [0.717, 1.165) is 11.8 Å². The normalized spacial score (nSPS) is 12.9. The minimum absolute atomic E-state index is 0.0112. The van der Waals surface area contributed by atoms with E-state index in [1.165, 1.54) is 10.5 Å². The summed E-state index contributed by atoms with van der Waals surface area (Å²) in [7, 11) is -3.67. The molecular weight excluding hydrogens is 494 g/mol. The van der Waals surface area contributed by atoms with Gasteiger partial charge in [0.2, 0.25) is 10.0 Å². The molecule has 1 amide bonds. The van der Waals surface area contributed by atoms with Crippen molar-refractivity contribution >= 4 is 49.3 Å². The van der Waals surface area contributed by atoms with Crippen molar-refractivity contribution in [1.29, 1.82) is 0 Å². The Kier molecular flexibility index (Phi) is 8.13. The third kappa shape index (κ3) is 7.77. The summed E-state index contributed by atoms with van der Waals surface area (Å²) < 4.78 is 32.1. The Morgan fingerprint density at radius 1 is 1.30 bits per heavy atom. The summed E-state index contributed by atoms with van der Waals surface area (Å²) in [5.74, 6) is 0. The molecule has 1 N–H and O–H groups in total. The Labute approximate surface area is 191 Å². The highest BCUT2D eigenvalue weighted by molar-refractivity contribution is 9.10. The zero-order valence-electron chi connectivity index (χ0n) is 17.2. The number of hydrogen-bond acceptors (Lipinski definition) is 5. The van der Waals surface area contributed by atoms with Crippen LogP contribution in [0.5, 0.6) is 0 Å². The van der Waals surface area contributed by atoms with Gasteiger partial charge >= 0.3 is 6.09 Å². The van der Waals surface area contributed by atoms with Crippen molar-refractivity contribution in [3.8, 4) is 0 Å². The summed E-state index contributed by atoms with van der Waals surface area (Å²) >= 11 is 9.21. The Balaban J connectivity index is 2.33. The van der Waals surface area contributed by atoms with E-state index < -0.39 is 27.8 Å². The Morgan fingerprint density at radius 3 is 2.47 bits per heavy atom.